The first-order valence-corrected chi connectivity index (χ1v) is 4.44. The van der Waals surface area contributed by atoms with E-state index in [4.69, 9.17) is 0 Å². The Morgan fingerprint density at radius 3 is 2.00 bits per heavy atom. The zero-order valence-electron chi connectivity index (χ0n) is 8.90. The molecule has 0 saturated carbocycles. The molecule has 0 aromatic heterocycles. The van der Waals surface area contributed by atoms with Crippen LogP contribution in [0, 0.1) is 10.8 Å². The van der Waals surface area contributed by atoms with E-state index < -0.39 is 0 Å². The predicted octanol–water partition coefficient (Wildman–Crippen LogP) is 2.19. The topological polar surface area (TPSA) is 29.1 Å². The van der Waals surface area contributed by atoms with Crippen LogP contribution < -0.4 is 5.32 Å². The van der Waals surface area contributed by atoms with Gasteiger partial charge in [-0.2, -0.15) is 0 Å². The second-order valence-electron chi connectivity index (χ2n) is 5.40. The van der Waals surface area contributed by atoms with E-state index in [1.165, 1.54) is 0 Å². The molecular formula is C10H21NO. The Hall–Kier alpha value is -0.530. The third-order valence-electron chi connectivity index (χ3n) is 1.67. The van der Waals surface area contributed by atoms with Crippen LogP contribution in [-0.2, 0) is 4.79 Å². The van der Waals surface area contributed by atoms with Gasteiger partial charge in [0.15, 0.2) is 0 Å². The summed E-state index contributed by atoms with van der Waals surface area (Å²) in [4.78, 5) is 10.1. The molecule has 2 nitrogen and oxygen atoms in total. The lowest BCUT2D eigenvalue weighted by molar-refractivity contribution is -0.110. The number of rotatable bonds is 4. The Morgan fingerprint density at radius 2 is 1.67 bits per heavy atom. The third-order valence-corrected chi connectivity index (χ3v) is 1.67. The summed E-state index contributed by atoms with van der Waals surface area (Å²) in [6, 6.07) is 0. The second kappa shape index (κ2) is 3.92. The number of amides is 1. The van der Waals surface area contributed by atoms with Gasteiger partial charge < -0.3 is 5.32 Å². The molecule has 0 rings (SSSR count). The molecule has 0 radical (unpaired) electrons. The predicted molar refractivity (Wildman–Crippen MR) is 51.9 cm³/mol. The summed E-state index contributed by atoms with van der Waals surface area (Å²) in [7, 11) is 0. The molecule has 72 valence electrons. The van der Waals surface area contributed by atoms with E-state index in [9.17, 15) is 4.79 Å². The van der Waals surface area contributed by atoms with Crippen LogP contribution in [0.5, 0.6) is 0 Å². The normalized spacial score (nSPS) is 12.8. The zero-order chi connectivity index (χ0) is 9.83. The molecule has 0 aliphatic carbocycles. The summed E-state index contributed by atoms with van der Waals surface area (Å²) in [5.41, 5.74) is 0.521. The third kappa shape index (κ3) is 6.20. The molecule has 0 atom stereocenters. The highest BCUT2D eigenvalue weighted by atomic mass is 16.1. The van der Waals surface area contributed by atoms with Gasteiger partial charge in [-0.1, -0.05) is 34.6 Å². The van der Waals surface area contributed by atoms with Gasteiger partial charge in [-0.3, -0.25) is 4.79 Å². The number of carbonyl (C=O) groups is 1. The average Bonchev–Trinajstić information content (AvgIpc) is 1.78. The first-order chi connectivity index (χ1) is 5.27. The van der Waals surface area contributed by atoms with Gasteiger partial charge in [0, 0.05) is 6.54 Å². The van der Waals surface area contributed by atoms with Crippen LogP contribution in [0.15, 0.2) is 0 Å². The van der Waals surface area contributed by atoms with E-state index in [0.29, 0.717) is 5.41 Å². The maximum Gasteiger partial charge on any atom is 0.207 e. The SMILES string of the molecule is CC(C)(C)CC(C)(C)CNC=O. The van der Waals surface area contributed by atoms with Crippen LogP contribution in [0.25, 0.3) is 0 Å². The van der Waals surface area contributed by atoms with Crippen molar-refractivity contribution in [2.45, 2.75) is 41.0 Å². The molecule has 0 aliphatic heterocycles. The molecule has 0 saturated heterocycles. The number of carbonyl (C=O) groups excluding carboxylic acids is 1. The maximum atomic E-state index is 10.1. The molecule has 0 spiro atoms. The van der Waals surface area contributed by atoms with Crippen molar-refractivity contribution in [1.29, 1.82) is 0 Å². The molecule has 0 unspecified atom stereocenters. The molecule has 1 amide bonds. The second-order valence-corrected chi connectivity index (χ2v) is 5.40. The number of hydrogen-bond donors (Lipinski definition) is 1. The molecule has 0 heterocycles. The van der Waals surface area contributed by atoms with Crippen molar-refractivity contribution >= 4 is 6.41 Å². The van der Waals surface area contributed by atoms with Gasteiger partial charge in [-0.25, -0.2) is 0 Å². The van der Waals surface area contributed by atoms with Gasteiger partial charge in [0.1, 0.15) is 0 Å². The summed E-state index contributed by atoms with van der Waals surface area (Å²) in [6.07, 6.45) is 1.88. The van der Waals surface area contributed by atoms with E-state index in [-0.39, 0.29) is 5.41 Å². The first-order valence-electron chi connectivity index (χ1n) is 4.44. The monoisotopic (exact) mass is 171 g/mol. The number of nitrogens with one attached hydrogen (secondary N) is 1. The lowest BCUT2D eigenvalue weighted by Gasteiger charge is -2.31. The minimum absolute atomic E-state index is 0.194. The molecule has 0 fully saturated rings. The molecule has 0 aliphatic rings. The average molecular weight is 171 g/mol. The van der Waals surface area contributed by atoms with Crippen LogP contribution in [-0.4, -0.2) is 13.0 Å². The quantitative estimate of drug-likeness (QED) is 0.645. The van der Waals surface area contributed by atoms with Gasteiger partial charge in [0.2, 0.25) is 6.41 Å². The molecule has 0 bridgehead atoms. The van der Waals surface area contributed by atoms with E-state index in [2.05, 4.69) is 39.9 Å². The van der Waals surface area contributed by atoms with E-state index in [0.717, 1.165) is 19.4 Å². The van der Waals surface area contributed by atoms with Crippen molar-refractivity contribution in [3.8, 4) is 0 Å². The molecular weight excluding hydrogens is 150 g/mol. The summed E-state index contributed by atoms with van der Waals surface area (Å²) in [6.45, 7) is 11.8. The minimum Gasteiger partial charge on any atom is -0.358 e. The van der Waals surface area contributed by atoms with Gasteiger partial charge in [0.05, 0.1) is 0 Å². The molecule has 0 aromatic carbocycles. The minimum atomic E-state index is 0.194. The Labute approximate surface area is 75.7 Å². The molecule has 1 N–H and O–H groups in total. The number of hydrogen-bond acceptors (Lipinski definition) is 1. The van der Waals surface area contributed by atoms with Gasteiger partial charge in [-0.05, 0) is 17.3 Å². The van der Waals surface area contributed by atoms with Crippen molar-refractivity contribution in [1.82, 2.24) is 5.32 Å². The van der Waals surface area contributed by atoms with Crippen molar-refractivity contribution in [3.05, 3.63) is 0 Å². The largest absolute Gasteiger partial charge is 0.358 e. The fraction of sp³-hybridized carbons (Fsp3) is 0.900. The van der Waals surface area contributed by atoms with Gasteiger partial charge >= 0.3 is 0 Å². The summed E-state index contributed by atoms with van der Waals surface area (Å²) < 4.78 is 0. The molecule has 12 heavy (non-hydrogen) atoms. The first kappa shape index (κ1) is 11.5. The van der Waals surface area contributed by atoms with Crippen LogP contribution in [0.4, 0.5) is 0 Å². The Bertz CT molecular complexity index is 144. The Morgan fingerprint density at radius 1 is 1.17 bits per heavy atom. The van der Waals surface area contributed by atoms with Crippen molar-refractivity contribution < 1.29 is 4.79 Å². The van der Waals surface area contributed by atoms with Crippen molar-refractivity contribution in [2.24, 2.45) is 10.8 Å². The Balaban J connectivity index is 3.94. The Kier molecular flexibility index (Phi) is 3.75. The summed E-state index contributed by atoms with van der Waals surface area (Å²) >= 11 is 0. The highest BCUT2D eigenvalue weighted by Gasteiger charge is 2.24. The van der Waals surface area contributed by atoms with E-state index in [1.54, 1.807) is 0 Å². The maximum absolute atomic E-state index is 10.1. The summed E-state index contributed by atoms with van der Waals surface area (Å²) in [5.74, 6) is 0. The summed E-state index contributed by atoms with van der Waals surface area (Å²) in [5, 5.41) is 2.73. The standard InChI is InChI=1S/C10H21NO/c1-9(2,3)6-10(4,5)7-11-8-12/h8H,6-7H2,1-5H3,(H,11,12). The fourth-order valence-corrected chi connectivity index (χ4v) is 1.82. The fourth-order valence-electron chi connectivity index (χ4n) is 1.82. The zero-order valence-corrected chi connectivity index (χ0v) is 8.90. The van der Waals surface area contributed by atoms with Gasteiger partial charge in [-0.15, -0.1) is 0 Å². The van der Waals surface area contributed by atoms with E-state index >= 15 is 0 Å². The highest BCUT2D eigenvalue weighted by molar-refractivity contribution is 5.45. The van der Waals surface area contributed by atoms with Crippen LogP contribution >= 0.6 is 0 Å². The van der Waals surface area contributed by atoms with E-state index in [1.807, 2.05) is 0 Å². The van der Waals surface area contributed by atoms with Crippen LogP contribution in [0.3, 0.4) is 0 Å². The van der Waals surface area contributed by atoms with Crippen molar-refractivity contribution in [2.75, 3.05) is 6.54 Å². The molecule has 0 aromatic rings. The van der Waals surface area contributed by atoms with Gasteiger partial charge in [0.25, 0.3) is 0 Å². The van der Waals surface area contributed by atoms with Crippen LogP contribution in [0.1, 0.15) is 41.0 Å². The lowest BCUT2D eigenvalue weighted by Crippen LogP contribution is -2.32. The smallest absolute Gasteiger partial charge is 0.207 e. The van der Waals surface area contributed by atoms with Crippen LogP contribution in [0.2, 0.25) is 0 Å². The van der Waals surface area contributed by atoms with Crippen molar-refractivity contribution in [3.63, 3.8) is 0 Å². The molecule has 2 heteroatoms. The lowest BCUT2D eigenvalue weighted by atomic mass is 9.76. The highest BCUT2D eigenvalue weighted by Crippen LogP contribution is 2.32.